The number of amides is 1. The molecule has 2 spiro atoms. The molecule has 3 aliphatic rings. The molecule has 0 bridgehead atoms. The summed E-state index contributed by atoms with van der Waals surface area (Å²) >= 11 is 0. The van der Waals surface area contributed by atoms with Crippen molar-refractivity contribution in [3.8, 4) is 17.2 Å². The van der Waals surface area contributed by atoms with Gasteiger partial charge in [0.1, 0.15) is 5.84 Å². The normalized spacial score (nSPS) is 29.6. The Kier molecular flexibility index (Phi) is 4.53. The molecule has 2 aliphatic carbocycles. The lowest BCUT2D eigenvalue weighted by atomic mass is 9.56. The summed E-state index contributed by atoms with van der Waals surface area (Å²) in [6.07, 6.45) is 5.38. The zero-order chi connectivity index (χ0) is 21.8. The first-order valence-electron chi connectivity index (χ1n) is 11.0. The van der Waals surface area contributed by atoms with Crippen LogP contribution in [0.15, 0.2) is 42.5 Å². The minimum Gasteiger partial charge on any atom is -0.381 e. The number of carbonyl (C=O) groups excluding carboxylic acids is 1. The van der Waals surface area contributed by atoms with Crippen LogP contribution in [-0.4, -0.2) is 36.9 Å². The van der Waals surface area contributed by atoms with Crippen molar-refractivity contribution in [3.63, 3.8) is 0 Å². The average Bonchev–Trinajstić information content (AvgIpc) is 3.20. The van der Waals surface area contributed by atoms with Gasteiger partial charge in [0, 0.05) is 20.6 Å². The van der Waals surface area contributed by atoms with E-state index in [9.17, 15) is 10.1 Å². The van der Waals surface area contributed by atoms with E-state index in [0.29, 0.717) is 17.8 Å². The van der Waals surface area contributed by atoms with Crippen molar-refractivity contribution < 1.29 is 9.53 Å². The summed E-state index contributed by atoms with van der Waals surface area (Å²) in [5.41, 5.74) is 4.11. The number of nitrogens with zero attached hydrogens (tertiary/aromatic N) is 2. The molecule has 158 valence electrons. The molecule has 2 aromatic rings. The average molecular weight is 414 g/mol. The number of rotatable bonds is 2. The zero-order valence-corrected chi connectivity index (χ0v) is 18.1. The third-order valence-electron chi connectivity index (χ3n) is 8.06. The molecule has 5 rings (SSSR count). The molecule has 1 atom stereocenters. The summed E-state index contributed by atoms with van der Waals surface area (Å²) in [7, 11) is 3.51. The summed E-state index contributed by atoms with van der Waals surface area (Å²) in [6.45, 7) is 0. The van der Waals surface area contributed by atoms with Gasteiger partial charge in [-0.3, -0.25) is 10.2 Å². The van der Waals surface area contributed by atoms with E-state index in [0.717, 1.165) is 48.8 Å². The Bertz CT molecular complexity index is 1120. The molecule has 1 N–H and O–H groups in total. The lowest BCUT2D eigenvalue weighted by molar-refractivity contribution is -0.136. The van der Waals surface area contributed by atoms with Gasteiger partial charge in [0.2, 0.25) is 5.91 Å². The molecule has 31 heavy (non-hydrogen) atoms. The number of nitriles is 1. The van der Waals surface area contributed by atoms with E-state index >= 15 is 0 Å². The fourth-order valence-electron chi connectivity index (χ4n) is 6.34. The van der Waals surface area contributed by atoms with Gasteiger partial charge in [0.15, 0.2) is 0 Å². The number of nitrogens with one attached hydrogen (secondary N) is 1. The maximum absolute atomic E-state index is 13.8. The van der Waals surface area contributed by atoms with Crippen molar-refractivity contribution in [2.24, 2.45) is 5.41 Å². The topological polar surface area (TPSA) is 77.2 Å². The van der Waals surface area contributed by atoms with Crippen LogP contribution in [0.1, 0.15) is 48.8 Å². The molecule has 0 aromatic heterocycles. The summed E-state index contributed by atoms with van der Waals surface area (Å²) in [5, 5.41) is 17.8. The predicted octanol–water partition coefficient (Wildman–Crippen LogP) is 4.43. The Labute approximate surface area is 183 Å². The molecule has 2 aromatic carbocycles. The van der Waals surface area contributed by atoms with Crippen LogP contribution in [-0.2, 0) is 21.4 Å². The fourth-order valence-corrected chi connectivity index (χ4v) is 6.34. The number of hydrogen-bond acceptors (Lipinski definition) is 4. The van der Waals surface area contributed by atoms with Crippen molar-refractivity contribution in [3.05, 3.63) is 59.2 Å². The van der Waals surface area contributed by atoms with Gasteiger partial charge in [-0.2, -0.15) is 5.26 Å². The lowest BCUT2D eigenvalue weighted by Crippen LogP contribution is -2.50. The highest BCUT2D eigenvalue weighted by atomic mass is 16.5. The van der Waals surface area contributed by atoms with Crippen molar-refractivity contribution in [1.82, 2.24) is 4.90 Å². The van der Waals surface area contributed by atoms with Crippen LogP contribution in [0.3, 0.4) is 0 Å². The predicted molar refractivity (Wildman–Crippen MR) is 119 cm³/mol. The Balaban J connectivity index is 1.66. The molecule has 1 unspecified atom stereocenters. The van der Waals surface area contributed by atoms with E-state index in [1.165, 1.54) is 5.56 Å². The SMILES string of the molecule is COC1CCC2(CC1)Cc1ccc(-c3cccc(C#N)c3)cc1C21CC(=N)N(C)C1=O. The van der Waals surface area contributed by atoms with E-state index in [1.807, 2.05) is 18.2 Å². The van der Waals surface area contributed by atoms with Crippen LogP contribution < -0.4 is 0 Å². The fraction of sp³-hybridized carbons (Fsp3) is 0.423. The Morgan fingerprint density at radius 3 is 2.52 bits per heavy atom. The monoisotopic (exact) mass is 413 g/mol. The Hall–Kier alpha value is -2.97. The highest BCUT2D eigenvalue weighted by Crippen LogP contribution is 2.63. The molecule has 1 aliphatic heterocycles. The number of benzene rings is 2. The van der Waals surface area contributed by atoms with Crippen molar-refractivity contribution >= 4 is 11.7 Å². The van der Waals surface area contributed by atoms with E-state index in [1.54, 1.807) is 25.1 Å². The number of amidine groups is 1. The van der Waals surface area contributed by atoms with Gasteiger partial charge in [-0.25, -0.2) is 0 Å². The van der Waals surface area contributed by atoms with Crippen LogP contribution in [0.4, 0.5) is 0 Å². The van der Waals surface area contributed by atoms with Gasteiger partial charge < -0.3 is 9.64 Å². The van der Waals surface area contributed by atoms with Crippen LogP contribution in [0, 0.1) is 22.2 Å². The molecular formula is C26H27N3O2. The molecule has 5 nitrogen and oxygen atoms in total. The van der Waals surface area contributed by atoms with E-state index in [2.05, 4.69) is 24.3 Å². The van der Waals surface area contributed by atoms with Gasteiger partial charge >= 0.3 is 0 Å². The highest BCUT2D eigenvalue weighted by Gasteiger charge is 2.66. The summed E-state index contributed by atoms with van der Waals surface area (Å²) in [4.78, 5) is 15.3. The smallest absolute Gasteiger partial charge is 0.239 e. The van der Waals surface area contributed by atoms with Crippen LogP contribution in [0.25, 0.3) is 11.1 Å². The number of fused-ring (bicyclic) bond motifs is 3. The van der Waals surface area contributed by atoms with Gasteiger partial charge in [0.25, 0.3) is 0 Å². The third kappa shape index (κ3) is 2.71. The summed E-state index contributed by atoms with van der Waals surface area (Å²) < 4.78 is 5.63. The zero-order valence-electron chi connectivity index (χ0n) is 18.1. The maximum atomic E-state index is 13.8. The number of likely N-dealkylation sites (tertiary alicyclic amines) is 1. The molecule has 1 saturated carbocycles. The molecule has 1 saturated heterocycles. The standard InChI is InChI=1S/C26H27N3O2/c1-29-23(28)15-26(24(29)30)22-13-19(18-5-3-4-17(12-18)16-27)6-7-20(22)14-25(26)10-8-21(31-2)9-11-25/h3-7,12-13,21,28H,8-11,14-15H2,1-2H3. The first-order chi connectivity index (χ1) is 14.9. The quantitative estimate of drug-likeness (QED) is 0.791. The molecule has 2 fully saturated rings. The summed E-state index contributed by atoms with van der Waals surface area (Å²) in [6, 6.07) is 16.3. The van der Waals surface area contributed by atoms with Crippen LogP contribution in [0.5, 0.6) is 0 Å². The second-order valence-corrected chi connectivity index (χ2v) is 9.35. The van der Waals surface area contributed by atoms with Gasteiger partial charge in [-0.15, -0.1) is 0 Å². The highest BCUT2D eigenvalue weighted by molar-refractivity contribution is 6.11. The van der Waals surface area contributed by atoms with Crippen molar-refractivity contribution in [1.29, 1.82) is 10.7 Å². The molecule has 5 heteroatoms. The molecule has 1 amide bonds. The number of carbonyl (C=O) groups is 1. The first-order valence-corrected chi connectivity index (χ1v) is 11.0. The second kappa shape index (κ2) is 7.03. The Morgan fingerprint density at radius 1 is 1.13 bits per heavy atom. The number of methoxy groups -OCH3 is 1. The van der Waals surface area contributed by atoms with Crippen LogP contribution in [0.2, 0.25) is 0 Å². The third-order valence-corrected chi connectivity index (χ3v) is 8.06. The van der Waals surface area contributed by atoms with Gasteiger partial charge in [0.05, 0.1) is 23.2 Å². The molecule has 1 heterocycles. The van der Waals surface area contributed by atoms with E-state index < -0.39 is 5.41 Å². The second-order valence-electron chi connectivity index (χ2n) is 9.35. The Morgan fingerprint density at radius 2 is 1.87 bits per heavy atom. The van der Waals surface area contributed by atoms with E-state index in [4.69, 9.17) is 10.1 Å². The van der Waals surface area contributed by atoms with Gasteiger partial charge in [-0.1, -0.05) is 24.3 Å². The number of likely N-dealkylation sites (N-methyl/N-ethyl adjacent to an activating group) is 1. The largest absolute Gasteiger partial charge is 0.381 e. The maximum Gasteiger partial charge on any atom is 0.239 e. The van der Waals surface area contributed by atoms with Gasteiger partial charge in [-0.05, 0) is 78.0 Å². The minimum atomic E-state index is -0.671. The van der Waals surface area contributed by atoms with E-state index in [-0.39, 0.29) is 17.4 Å². The molecule has 0 radical (unpaired) electrons. The van der Waals surface area contributed by atoms with Crippen molar-refractivity contribution in [2.45, 2.75) is 50.0 Å². The first kappa shape index (κ1) is 20.0. The minimum absolute atomic E-state index is 0.0649. The summed E-state index contributed by atoms with van der Waals surface area (Å²) in [5.74, 6) is 0.470. The molecular weight excluding hydrogens is 386 g/mol. The van der Waals surface area contributed by atoms with Crippen molar-refractivity contribution in [2.75, 3.05) is 14.2 Å². The number of hydrogen-bond donors (Lipinski definition) is 1. The van der Waals surface area contributed by atoms with Crippen LogP contribution >= 0.6 is 0 Å². The lowest BCUT2D eigenvalue weighted by Gasteiger charge is -2.46. The number of ether oxygens (including phenoxy) is 1.